The minimum atomic E-state index is 0.00372. The lowest BCUT2D eigenvalue weighted by Crippen LogP contribution is -2.51. The summed E-state index contributed by atoms with van der Waals surface area (Å²) in [7, 11) is 4.85. The maximum atomic E-state index is 13.1. The summed E-state index contributed by atoms with van der Waals surface area (Å²) in [5, 5.41) is 3.81. The molecule has 0 atom stereocenters. The Morgan fingerprint density at radius 2 is 1.59 bits per heavy atom. The van der Waals surface area contributed by atoms with Crippen LogP contribution < -0.4 is 14.2 Å². The number of rotatable bonds is 7. The summed E-state index contributed by atoms with van der Waals surface area (Å²) in [6, 6.07) is 5.76. The zero-order valence-corrected chi connectivity index (χ0v) is 20.9. The molecule has 0 aliphatic carbocycles. The largest absolute Gasteiger partial charge is 0.493 e. The van der Waals surface area contributed by atoms with E-state index >= 15 is 0 Å². The number of benzene rings is 1. The molecule has 0 spiro atoms. The Hall–Kier alpha value is -2.78. The number of nitrogens with zero attached hydrogens (tertiary/aromatic N) is 3. The van der Waals surface area contributed by atoms with E-state index in [2.05, 4.69) is 4.90 Å². The average molecular weight is 488 g/mol. The van der Waals surface area contributed by atoms with Crippen molar-refractivity contribution in [1.82, 2.24) is 14.7 Å². The van der Waals surface area contributed by atoms with E-state index in [0.717, 1.165) is 37.1 Å². The highest BCUT2D eigenvalue weighted by atomic mass is 32.1. The third kappa shape index (κ3) is 5.15. The van der Waals surface area contributed by atoms with Crippen molar-refractivity contribution in [2.75, 3.05) is 60.6 Å². The van der Waals surface area contributed by atoms with Gasteiger partial charge in [0.05, 0.1) is 26.9 Å². The van der Waals surface area contributed by atoms with Gasteiger partial charge in [-0.25, -0.2) is 0 Å². The second kappa shape index (κ2) is 11.1. The van der Waals surface area contributed by atoms with Crippen LogP contribution in [0.1, 0.15) is 28.8 Å². The van der Waals surface area contributed by atoms with Crippen LogP contribution in [0.4, 0.5) is 0 Å². The van der Waals surface area contributed by atoms with Gasteiger partial charge in [-0.15, -0.1) is 0 Å². The summed E-state index contributed by atoms with van der Waals surface area (Å²) < 4.78 is 16.5. The fourth-order valence-corrected chi connectivity index (χ4v) is 5.44. The summed E-state index contributed by atoms with van der Waals surface area (Å²) in [6.07, 6.45) is 1.47. The predicted octanol–water partition coefficient (Wildman–Crippen LogP) is 2.97. The zero-order valence-electron chi connectivity index (χ0n) is 20.1. The highest BCUT2D eigenvalue weighted by Crippen LogP contribution is 2.40. The molecule has 2 amide bonds. The smallest absolute Gasteiger partial charge is 0.254 e. The van der Waals surface area contributed by atoms with Crippen molar-refractivity contribution in [3.05, 3.63) is 40.1 Å². The topological polar surface area (TPSA) is 71.6 Å². The first-order valence-electron chi connectivity index (χ1n) is 11.7. The van der Waals surface area contributed by atoms with E-state index in [4.69, 9.17) is 14.2 Å². The van der Waals surface area contributed by atoms with Gasteiger partial charge in [0.1, 0.15) is 0 Å². The number of methoxy groups -OCH3 is 3. The van der Waals surface area contributed by atoms with Crippen LogP contribution in [0.2, 0.25) is 0 Å². The Bertz CT molecular complexity index is 981. The molecule has 2 aromatic rings. The summed E-state index contributed by atoms with van der Waals surface area (Å²) in [5.74, 6) is 2.23. The van der Waals surface area contributed by atoms with Crippen LogP contribution in [-0.4, -0.2) is 87.1 Å². The number of hydrogen-bond donors (Lipinski definition) is 0. The van der Waals surface area contributed by atoms with E-state index in [0.29, 0.717) is 50.0 Å². The lowest BCUT2D eigenvalue weighted by Gasteiger charge is -2.38. The van der Waals surface area contributed by atoms with Gasteiger partial charge in [0.15, 0.2) is 11.5 Å². The van der Waals surface area contributed by atoms with Gasteiger partial charge in [-0.2, -0.15) is 11.3 Å². The number of piperazine rings is 1. The molecule has 2 saturated heterocycles. The first-order valence-corrected chi connectivity index (χ1v) is 12.6. The third-order valence-electron chi connectivity index (χ3n) is 6.76. The fraction of sp³-hybridized carbons (Fsp3) is 0.520. The van der Waals surface area contributed by atoms with Gasteiger partial charge in [0.25, 0.3) is 5.91 Å². The minimum absolute atomic E-state index is 0.00372. The van der Waals surface area contributed by atoms with Crippen molar-refractivity contribution in [3.8, 4) is 17.2 Å². The van der Waals surface area contributed by atoms with Crippen LogP contribution >= 0.6 is 11.3 Å². The molecule has 2 fully saturated rings. The van der Waals surface area contributed by atoms with E-state index in [-0.39, 0.29) is 17.7 Å². The maximum Gasteiger partial charge on any atom is 0.254 e. The quantitative estimate of drug-likeness (QED) is 0.598. The van der Waals surface area contributed by atoms with E-state index < -0.39 is 0 Å². The van der Waals surface area contributed by atoms with Gasteiger partial charge in [0.2, 0.25) is 11.7 Å². The lowest BCUT2D eigenvalue weighted by atomic mass is 9.94. The normalized spacial score (nSPS) is 17.5. The molecule has 8 nitrogen and oxygen atoms in total. The van der Waals surface area contributed by atoms with Crippen LogP contribution in [0.5, 0.6) is 17.2 Å². The summed E-state index contributed by atoms with van der Waals surface area (Å²) in [6.45, 7) is 5.03. The second-order valence-corrected chi connectivity index (χ2v) is 9.45. The molecule has 0 N–H and O–H groups in total. The fourth-order valence-electron chi connectivity index (χ4n) is 4.81. The SMILES string of the molecule is COc1ccc(CN2CCN(C(=O)C3CCN(C(=O)c4ccsc4)CC3)CC2)c(OC)c1OC. The van der Waals surface area contributed by atoms with Crippen LogP contribution in [0.15, 0.2) is 29.0 Å². The van der Waals surface area contributed by atoms with Crippen molar-refractivity contribution < 1.29 is 23.8 Å². The standard InChI is InChI=1S/C25H33N3O5S/c1-31-21-5-4-19(22(32-2)23(21)33-3)16-26-11-13-28(14-12-26)24(29)18-6-9-27(10-7-18)25(30)20-8-15-34-17-20/h4-5,8,15,17-18H,6-7,9-14,16H2,1-3H3. The molecule has 184 valence electrons. The van der Waals surface area contributed by atoms with Gasteiger partial charge in [-0.3, -0.25) is 14.5 Å². The molecule has 0 radical (unpaired) electrons. The van der Waals surface area contributed by atoms with Crippen LogP contribution in [0.25, 0.3) is 0 Å². The number of carbonyl (C=O) groups excluding carboxylic acids is 2. The first-order chi connectivity index (χ1) is 16.5. The number of ether oxygens (including phenoxy) is 3. The van der Waals surface area contributed by atoms with Gasteiger partial charge in [0, 0.05) is 62.7 Å². The van der Waals surface area contributed by atoms with E-state index in [1.807, 2.05) is 38.8 Å². The van der Waals surface area contributed by atoms with Crippen LogP contribution in [0.3, 0.4) is 0 Å². The Morgan fingerprint density at radius 3 is 2.18 bits per heavy atom. The summed E-state index contributed by atoms with van der Waals surface area (Å²) in [5.41, 5.74) is 1.78. The highest BCUT2D eigenvalue weighted by molar-refractivity contribution is 7.08. The summed E-state index contributed by atoms with van der Waals surface area (Å²) in [4.78, 5) is 31.9. The van der Waals surface area contributed by atoms with Crippen molar-refractivity contribution in [2.24, 2.45) is 5.92 Å². The first kappa shape index (κ1) is 24.3. The Labute approximate surface area is 205 Å². The van der Waals surface area contributed by atoms with Gasteiger partial charge >= 0.3 is 0 Å². The highest BCUT2D eigenvalue weighted by Gasteiger charge is 2.32. The molecule has 0 saturated carbocycles. The molecule has 0 unspecified atom stereocenters. The summed E-state index contributed by atoms with van der Waals surface area (Å²) >= 11 is 1.53. The van der Waals surface area contributed by atoms with Gasteiger partial charge in [-0.05, 0) is 30.4 Å². The molecule has 4 rings (SSSR count). The molecule has 3 heterocycles. The van der Waals surface area contributed by atoms with Gasteiger partial charge < -0.3 is 24.0 Å². The van der Waals surface area contributed by atoms with Crippen molar-refractivity contribution in [1.29, 1.82) is 0 Å². The number of carbonyl (C=O) groups is 2. The minimum Gasteiger partial charge on any atom is -0.493 e. The van der Waals surface area contributed by atoms with Gasteiger partial charge in [-0.1, -0.05) is 6.07 Å². The Balaban J connectivity index is 1.28. The molecule has 2 aliphatic rings. The number of thiophene rings is 1. The number of likely N-dealkylation sites (tertiary alicyclic amines) is 1. The van der Waals surface area contributed by atoms with E-state index in [1.165, 1.54) is 11.3 Å². The molecule has 2 aliphatic heterocycles. The van der Waals surface area contributed by atoms with E-state index in [1.54, 1.807) is 21.3 Å². The van der Waals surface area contributed by atoms with Crippen molar-refractivity contribution in [2.45, 2.75) is 19.4 Å². The molecule has 1 aromatic heterocycles. The van der Waals surface area contributed by atoms with Crippen LogP contribution in [-0.2, 0) is 11.3 Å². The Kier molecular flexibility index (Phi) is 7.95. The second-order valence-electron chi connectivity index (χ2n) is 8.67. The monoisotopic (exact) mass is 487 g/mol. The lowest BCUT2D eigenvalue weighted by molar-refractivity contribution is -0.138. The molecule has 9 heteroatoms. The third-order valence-corrected chi connectivity index (χ3v) is 7.45. The number of amides is 2. The molecule has 0 bridgehead atoms. The van der Waals surface area contributed by atoms with Crippen LogP contribution in [0, 0.1) is 5.92 Å². The van der Waals surface area contributed by atoms with Crippen molar-refractivity contribution >= 4 is 23.2 Å². The van der Waals surface area contributed by atoms with E-state index in [9.17, 15) is 9.59 Å². The molecular weight excluding hydrogens is 454 g/mol. The zero-order chi connectivity index (χ0) is 24.1. The Morgan fingerprint density at radius 1 is 0.882 bits per heavy atom. The molecular formula is C25H33N3O5S. The molecule has 1 aromatic carbocycles. The number of hydrogen-bond acceptors (Lipinski definition) is 7. The average Bonchev–Trinajstić information content (AvgIpc) is 3.43. The number of piperidine rings is 1. The molecule has 34 heavy (non-hydrogen) atoms. The maximum absolute atomic E-state index is 13.1. The van der Waals surface area contributed by atoms with Crippen molar-refractivity contribution in [3.63, 3.8) is 0 Å². The predicted molar refractivity (Wildman–Crippen MR) is 131 cm³/mol.